The summed E-state index contributed by atoms with van der Waals surface area (Å²) in [7, 11) is 0. The fourth-order valence-electron chi connectivity index (χ4n) is 2.46. The van der Waals surface area contributed by atoms with E-state index in [-0.39, 0.29) is 0 Å². The van der Waals surface area contributed by atoms with Crippen molar-refractivity contribution in [3.8, 4) is 5.75 Å². The lowest BCUT2D eigenvalue weighted by molar-refractivity contribution is 0.232. The van der Waals surface area contributed by atoms with Crippen LogP contribution in [0.15, 0.2) is 24.3 Å². The van der Waals surface area contributed by atoms with E-state index in [1.54, 1.807) is 0 Å². The average Bonchev–Trinajstić information content (AvgIpc) is 2.87. The molecular formula is C15H24N2O. The van der Waals surface area contributed by atoms with E-state index in [4.69, 9.17) is 10.5 Å². The normalized spacial score (nSPS) is 20.2. The molecule has 1 atom stereocenters. The Balaban J connectivity index is 1.68. The van der Waals surface area contributed by atoms with Crippen LogP contribution in [0, 0.1) is 5.92 Å². The first kappa shape index (κ1) is 13.4. The maximum Gasteiger partial charge on any atom is 0.119 e. The van der Waals surface area contributed by atoms with Gasteiger partial charge in [-0.25, -0.2) is 0 Å². The van der Waals surface area contributed by atoms with Crippen LogP contribution in [0.4, 0.5) is 0 Å². The molecule has 0 radical (unpaired) electrons. The second kappa shape index (κ2) is 6.76. The molecule has 2 N–H and O–H groups in total. The van der Waals surface area contributed by atoms with Gasteiger partial charge in [0.1, 0.15) is 12.4 Å². The molecule has 0 spiro atoms. The summed E-state index contributed by atoms with van der Waals surface area (Å²) in [5.74, 6) is 1.84. The first-order chi connectivity index (χ1) is 8.81. The molecule has 100 valence electrons. The highest BCUT2D eigenvalue weighted by molar-refractivity contribution is 5.27. The summed E-state index contributed by atoms with van der Waals surface area (Å²) >= 11 is 0. The maximum atomic E-state index is 5.75. The molecule has 1 unspecified atom stereocenters. The third kappa shape index (κ3) is 3.72. The van der Waals surface area contributed by atoms with Gasteiger partial charge in [0.05, 0.1) is 0 Å². The Kier molecular flexibility index (Phi) is 5.02. The molecule has 1 saturated heterocycles. The van der Waals surface area contributed by atoms with Crippen molar-refractivity contribution in [1.82, 2.24) is 4.90 Å². The molecule has 3 heteroatoms. The van der Waals surface area contributed by atoms with E-state index in [9.17, 15) is 0 Å². The van der Waals surface area contributed by atoms with E-state index in [1.807, 2.05) is 24.3 Å². The van der Waals surface area contributed by atoms with Crippen LogP contribution in [-0.2, 0) is 6.54 Å². The minimum absolute atomic E-state index is 0.590. The molecule has 0 saturated carbocycles. The molecule has 1 aromatic carbocycles. The molecule has 0 bridgehead atoms. The number of likely N-dealkylation sites (tertiary alicyclic amines) is 1. The van der Waals surface area contributed by atoms with Gasteiger partial charge < -0.3 is 10.5 Å². The van der Waals surface area contributed by atoms with Crippen LogP contribution in [0.3, 0.4) is 0 Å². The summed E-state index contributed by atoms with van der Waals surface area (Å²) in [4.78, 5) is 2.50. The Morgan fingerprint density at radius 2 is 2.11 bits per heavy atom. The molecular weight excluding hydrogens is 224 g/mol. The molecule has 18 heavy (non-hydrogen) atoms. The van der Waals surface area contributed by atoms with Crippen molar-refractivity contribution >= 4 is 0 Å². The predicted octanol–water partition coefficient (Wildman–Crippen LogP) is 2.26. The van der Waals surface area contributed by atoms with Crippen LogP contribution < -0.4 is 10.5 Å². The molecule has 3 nitrogen and oxygen atoms in total. The quantitative estimate of drug-likeness (QED) is 0.839. The molecule has 1 heterocycles. The molecule has 1 aliphatic rings. The van der Waals surface area contributed by atoms with Crippen LogP contribution in [0.1, 0.15) is 25.3 Å². The minimum atomic E-state index is 0.590. The molecule has 1 fully saturated rings. The lowest BCUT2D eigenvalue weighted by atomic mass is 10.1. The Bertz CT molecular complexity index is 350. The zero-order valence-electron chi connectivity index (χ0n) is 11.3. The van der Waals surface area contributed by atoms with E-state index < -0.39 is 0 Å². The monoisotopic (exact) mass is 248 g/mol. The topological polar surface area (TPSA) is 38.5 Å². The van der Waals surface area contributed by atoms with Crippen LogP contribution in [0.25, 0.3) is 0 Å². The van der Waals surface area contributed by atoms with Crippen molar-refractivity contribution in [3.05, 3.63) is 29.8 Å². The summed E-state index contributed by atoms with van der Waals surface area (Å²) in [5.41, 5.74) is 6.71. The van der Waals surface area contributed by atoms with Crippen LogP contribution in [-0.4, -0.2) is 31.1 Å². The lowest BCUT2D eigenvalue weighted by Gasteiger charge is -2.16. The van der Waals surface area contributed by atoms with E-state index in [0.717, 1.165) is 30.4 Å². The number of nitrogens with two attached hydrogens (primary N) is 1. The Morgan fingerprint density at radius 3 is 2.72 bits per heavy atom. The van der Waals surface area contributed by atoms with Gasteiger partial charge in [-0.15, -0.1) is 0 Å². The summed E-state index contributed by atoms with van der Waals surface area (Å²) in [6.45, 7) is 7.16. The largest absolute Gasteiger partial charge is 0.492 e. The molecule has 1 aromatic rings. The van der Waals surface area contributed by atoms with Gasteiger partial charge in [0.2, 0.25) is 0 Å². The summed E-state index contributed by atoms with van der Waals surface area (Å²) in [5, 5.41) is 0. The smallest absolute Gasteiger partial charge is 0.119 e. The molecule has 0 aromatic heterocycles. The molecule has 1 aliphatic heterocycles. The third-order valence-electron chi connectivity index (χ3n) is 3.78. The zero-order valence-corrected chi connectivity index (χ0v) is 11.3. The lowest BCUT2D eigenvalue weighted by Crippen LogP contribution is -2.26. The Hall–Kier alpha value is -1.06. The number of rotatable bonds is 6. The van der Waals surface area contributed by atoms with Gasteiger partial charge in [0, 0.05) is 19.6 Å². The van der Waals surface area contributed by atoms with E-state index in [0.29, 0.717) is 6.54 Å². The predicted molar refractivity (Wildman–Crippen MR) is 74.7 cm³/mol. The first-order valence-corrected chi connectivity index (χ1v) is 6.96. The van der Waals surface area contributed by atoms with Gasteiger partial charge in [-0.2, -0.15) is 0 Å². The second-order valence-electron chi connectivity index (χ2n) is 5.06. The zero-order chi connectivity index (χ0) is 12.8. The van der Waals surface area contributed by atoms with Crippen molar-refractivity contribution in [2.75, 3.05) is 26.2 Å². The van der Waals surface area contributed by atoms with Gasteiger partial charge >= 0.3 is 0 Å². The fourth-order valence-corrected chi connectivity index (χ4v) is 2.46. The number of hydrogen-bond acceptors (Lipinski definition) is 3. The number of benzene rings is 1. The average molecular weight is 248 g/mol. The van der Waals surface area contributed by atoms with Gasteiger partial charge in [-0.05, 0) is 36.6 Å². The third-order valence-corrected chi connectivity index (χ3v) is 3.78. The van der Waals surface area contributed by atoms with Gasteiger partial charge in [-0.1, -0.05) is 25.5 Å². The fraction of sp³-hybridized carbons (Fsp3) is 0.600. The van der Waals surface area contributed by atoms with Crippen molar-refractivity contribution in [2.45, 2.75) is 26.3 Å². The van der Waals surface area contributed by atoms with Crippen molar-refractivity contribution < 1.29 is 4.74 Å². The molecule has 0 amide bonds. The number of hydrogen-bond donors (Lipinski definition) is 1. The van der Waals surface area contributed by atoms with Crippen molar-refractivity contribution in [1.29, 1.82) is 0 Å². The standard InChI is InChI=1S/C15H24N2O/c1-2-13-7-8-17(12-13)9-10-18-15-5-3-14(11-16)4-6-15/h3-6,13H,2,7-12,16H2,1H3. The van der Waals surface area contributed by atoms with Crippen molar-refractivity contribution in [3.63, 3.8) is 0 Å². The summed E-state index contributed by atoms with van der Waals surface area (Å²) in [6, 6.07) is 8.05. The maximum absolute atomic E-state index is 5.75. The summed E-state index contributed by atoms with van der Waals surface area (Å²) < 4.78 is 5.75. The van der Waals surface area contributed by atoms with Gasteiger partial charge in [0.25, 0.3) is 0 Å². The number of nitrogens with zero attached hydrogens (tertiary/aromatic N) is 1. The Labute approximate surface area is 110 Å². The number of ether oxygens (including phenoxy) is 1. The van der Waals surface area contributed by atoms with Gasteiger partial charge in [0.15, 0.2) is 0 Å². The highest BCUT2D eigenvalue weighted by Crippen LogP contribution is 2.18. The first-order valence-electron chi connectivity index (χ1n) is 6.96. The van der Waals surface area contributed by atoms with Crippen molar-refractivity contribution in [2.24, 2.45) is 11.7 Å². The van der Waals surface area contributed by atoms with Crippen LogP contribution in [0.5, 0.6) is 5.75 Å². The minimum Gasteiger partial charge on any atom is -0.492 e. The SMILES string of the molecule is CCC1CCN(CCOc2ccc(CN)cc2)C1. The molecule has 2 rings (SSSR count). The van der Waals surface area contributed by atoms with E-state index in [1.165, 1.54) is 25.9 Å². The summed E-state index contributed by atoms with van der Waals surface area (Å²) in [6.07, 6.45) is 2.65. The second-order valence-corrected chi connectivity index (χ2v) is 5.06. The van der Waals surface area contributed by atoms with Crippen LogP contribution >= 0.6 is 0 Å². The van der Waals surface area contributed by atoms with Crippen LogP contribution in [0.2, 0.25) is 0 Å². The van der Waals surface area contributed by atoms with E-state index in [2.05, 4.69) is 11.8 Å². The molecule has 0 aliphatic carbocycles. The Morgan fingerprint density at radius 1 is 1.33 bits per heavy atom. The highest BCUT2D eigenvalue weighted by atomic mass is 16.5. The van der Waals surface area contributed by atoms with Gasteiger partial charge in [-0.3, -0.25) is 4.90 Å². The highest BCUT2D eigenvalue weighted by Gasteiger charge is 2.20. The van der Waals surface area contributed by atoms with E-state index >= 15 is 0 Å².